The maximum absolute atomic E-state index is 13.3. The summed E-state index contributed by atoms with van der Waals surface area (Å²) < 4.78 is 26.3. The van der Waals surface area contributed by atoms with Gasteiger partial charge in [0.1, 0.15) is 17.5 Å². The molecule has 0 unspecified atom stereocenters. The highest BCUT2D eigenvalue weighted by Crippen LogP contribution is 2.26. The molecule has 0 bridgehead atoms. The van der Waals surface area contributed by atoms with Crippen LogP contribution in [0, 0.1) is 18.6 Å². The second kappa shape index (κ2) is 6.80. The summed E-state index contributed by atoms with van der Waals surface area (Å²) in [5.74, 6) is -0.346. The predicted molar refractivity (Wildman–Crippen MR) is 91.1 cm³/mol. The second-order valence-corrected chi connectivity index (χ2v) is 5.45. The van der Waals surface area contributed by atoms with E-state index in [1.165, 1.54) is 6.07 Å². The van der Waals surface area contributed by atoms with E-state index in [0.717, 1.165) is 12.1 Å². The Balaban J connectivity index is 1.86. The Morgan fingerprint density at radius 2 is 1.58 bits per heavy atom. The van der Waals surface area contributed by atoms with Gasteiger partial charge in [0, 0.05) is 17.8 Å². The summed E-state index contributed by atoms with van der Waals surface area (Å²) in [5, 5.41) is 6.58. The molecule has 0 atom stereocenters. The van der Waals surface area contributed by atoms with Crippen molar-refractivity contribution in [3.05, 3.63) is 71.0 Å². The third-order valence-electron chi connectivity index (χ3n) is 3.17. The van der Waals surface area contributed by atoms with Gasteiger partial charge in [0.25, 0.3) is 0 Å². The van der Waals surface area contributed by atoms with Gasteiger partial charge >= 0.3 is 0 Å². The van der Waals surface area contributed by atoms with Crippen LogP contribution in [0.15, 0.2) is 48.5 Å². The molecule has 3 aromatic rings. The zero-order chi connectivity index (χ0) is 17.1. The van der Waals surface area contributed by atoms with Crippen LogP contribution in [0.25, 0.3) is 0 Å². The van der Waals surface area contributed by atoms with E-state index in [1.54, 1.807) is 19.1 Å². The number of aromatic nitrogens is 2. The van der Waals surface area contributed by atoms with Crippen LogP contribution >= 0.6 is 11.6 Å². The van der Waals surface area contributed by atoms with Gasteiger partial charge in [-0.3, -0.25) is 0 Å². The minimum Gasteiger partial charge on any atom is -0.340 e. The van der Waals surface area contributed by atoms with Crippen molar-refractivity contribution in [1.29, 1.82) is 0 Å². The van der Waals surface area contributed by atoms with Gasteiger partial charge in [-0.05, 0) is 31.2 Å². The third kappa shape index (κ3) is 3.78. The van der Waals surface area contributed by atoms with Gasteiger partial charge in [-0.2, -0.15) is 0 Å². The molecule has 0 spiro atoms. The van der Waals surface area contributed by atoms with Crippen molar-refractivity contribution in [2.24, 2.45) is 0 Å². The van der Waals surface area contributed by atoms with Crippen molar-refractivity contribution >= 4 is 34.6 Å². The van der Waals surface area contributed by atoms with Crippen LogP contribution in [-0.2, 0) is 0 Å². The molecule has 0 saturated carbocycles. The third-order valence-corrected chi connectivity index (χ3v) is 3.50. The molecule has 0 radical (unpaired) electrons. The summed E-state index contributed by atoms with van der Waals surface area (Å²) in [7, 11) is 0. The fourth-order valence-corrected chi connectivity index (χ4v) is 2.30. The lowest BCUT2D eigenvalue weighted by molar-refractivity contribution is 0.509. The highest BCUT2D eigenvalue weighted by molar-refractivity contribution is 6.33. The van der Waals surface area contributed by atoms with Crippen molar-refractivity contribution < 1.29 is 8.78 Å². The van der Waals surface area contributed by atoms with Crippen LogP contribution in [0.4, 0.5) is 31.8 Å². The molecule has 4 nitrogen and oxygen atoms in total. The normalized spacial score (nSPS) is 10.5. The summed E-state index contributed by atoms with van der Waals surface area (Å²) in [6, 6.07) is 12.5. The lowest BCUT2D eigenvalue weighted by Gasteiger charge is -2.11. The summed E-state index contributed by atoms with van der Waals surface area (Å²) in [6.07, 6.45) is 0. The lowest BCUT2D eigenvalue weighted by Crippen LogP contribution is -2.02. The Bertz CT molecular complexity index is 886. The maximum atomic E-state index is 13.3. The fourth-order valence-electron chi connectivity index (χ4n) is 2.12. The van der Waals surface area contributed by atoms with Gasteiger partial charge in [-0.15, -0.1) is 0 Å². The molecule has 0 amide bonds. The summed E-state index contributed by atoms with van der Waals surface area (Å²) >= 11 is 6.12. The molecule has 0 fully saturated rings. The van der Waals surface area contributed by atoms with E-state index in [1.807, 2.05) is 18.2 Å². The first-order chi connectivity index (χ1) is 11.5. The number of hydrogen-bond donors (Lipinski definition) is 2. The first kappa shape index (κ1) is 16.1. The Morgan fingerprint density at radius 1 is 0.875 bits per heavy atom. The van der Waals surface area contributed by atoms with Crippen LogP contribution < -0.4 is 10.6 Å². The van der Waals surface area contributed by atoms with E-state index in [0.29, 0.717) is 33.9 Å². The lowest BCUT2D eigenvalue weighted by atomic mass is 10.3. The van der Waals surface area contributed by atoms with Gasteiger partial charge in [-0.25, -0.2) is 18.7 Å². The highest BCUT2D eigenvalue weighted by atomic mass is 35.5. The molecule has 2 aromatic carbocycles. The second-order valence-electron chi connectivity index (χ2n) is 5.04. The quantitative estimate of drug-likeness (QED) is 0.681. The molecule has 0 saturated heterocycles. The number of nitrogens with one attached hydrogen (secondary N) is 2. The molecule has 0 aliphatic rings. The molecule has 0 aliphatic carbocycles. The average Bonchev–Trinajstić information content (AvgIpc) is 2.53. The monoisotopic (exact) mass is 346 g/mol. The standard InChI is InChI=1S/C17H13ClF2N4/c1-10-21-16(23-11-6-7-13(19)14(20)8-11)9-17(22-10)24-15-5-3-2-4-12(15)18/h2-9H,1H3,(H2,21,22,23,24). The molecular formula is C17H13ClF2N4. The number of aryl methyl sites for hydroxylation is 1. The van der Waals surface area contributed by atoms with Crippen LogP contribution in [-0.4, -0.2) is 9.97 Å². The van der Waals surface area contributed by atoms with Crippen molar-refractivity contribution in [3.63, 3.8) is 0 Å². The number of hydrogen-bond acceptors (Lipinski definition) is 4. The highest BCUT2D eigenvalue weighted by Gasteiger charge is 2.07. The summed E-state index contributed by atoms with van der Waals surface area (Å²) in [6.45, 7) is 1.73. The van der Waals surface area contributed by atoms with E-state index >= 15 is 0 Å². The Morgan fingerprint density at radius 3 is 2.29 bits per heavy atom. The van der Waals surface area contributed by atoms with Crippen molar-refractivity contribution in [2.75, 3.05) is 10.6 Å². The molecule has 7 heteroatoms. The number of rotatable bonds is 4. The maximum Gasteiger partial charge on any atom is 0.160 e. The van der Waals surface area contributed by atoms with Crippen LogP contribution in [0.2, 0.25) is 5.02 Å². The van der Waals surface area contributed by atoms with E-state index in [2.05, 4.69) is 20.6 Å². The molecule has 0 aliphatic heterocycles. The van der Waals surface area contributed by atoms with Gasteiger partial charge in [-0.1, -0.05) is 23.7 Å². The minimum atomic E-state index is -0.930. The van der Waals surface area contributed by atoms with Gasteiger partial charge < -0.3 is 10.6 Å². The smallest absolute Gasteiger partial charge is 0.160 e. The molecule has 1 aromatic heterocycles. The van der Waals surface area contributed by atoms with E-state index in [-0.39, 0.29) is 0 Å². The van der Waals surface area contributed by atoms with Gasteiger partial charge in [0.2, 0.25) is 0 Å². The van der Waals surface area contributed by atoms with Crippen LogP contribution in [0.1, 0.15) is 5.82 Å². The summed E-state index contributed by atoms with van der Waals surface area (Å²) in [5.41, 5.74) is 1.09. The zero-order valence-electron chi connectivity index (χ0n) is 12.6. The first-order valence-electron chi connectivity index (χ1n) is 7.10. The van der Waals surface area contributed by atoms with Crippen LogP contribution in [0.3, 0.4) is 0 Å². The van der Waals surface area contributed by atoms with Crippen LogP contribution in [0.5, 0.6) is 0 Å². The number of nitrogens with zero attached hydrogens (tertiary/aromatic N) is 2. The molecule has 3 rings (SSSR count). The van der Waals surface area contributed by atoms with E-state index in [9.17, 15) is 8.78 Å². The number of para-hydroxylation sites is 1. The topological polar surface area (TPSA) is 49.8 Å². The fraction of sp³-hybridized carbons (Fsp3) is 0.0588. The average molecular weight is 347 g/mol. The molecule has 122 valence electrons. The number of benzene rings is 2. The van der Waals surface area contributed by atoms with Crippen molar-refractivity contribution in [2.45, 2.75) is 6.92 Å². The summed E-state index contributed by atoms with van der Waals surface area (Å²) in [4.78, 5) is 8.52. The van der Waals surface area contributed by atoms with E-state index < -0.39 is 11.6 Å². The number of anilines is 4. The number of halogens is 3. The Hall–Kier alpha value is -2.73. The SMILES string of the molecule is Cc1nc(Nc2ccc(F)c(F)c2)cc(Nc2ccccc2Cl)n1. The molecule has 24 heavy (non-hydrogen) atoms. The zero-order valence-corrected chi connectivity index (χ0v) is 13.4. The Labute approximate surface area is 142 Å². The molecule has 2 N–H and O–H groups in total. The van der Waals surface area contributed by atoms with Crippen molar-refractivity contribution in [1.82, 2.24) is 9.97 Å². The molecule has 1 heterocycles. The largest absolute Gasteiger partial charge is 0.340 e. The predicted octanol–water partition coefficient (Wildman–Crippen LogP) is 5.20. The van der Waals surface area contributed by atoms with Gasteiger partial charge in [0.05, 0.1) is 10.7 Å². The minimum absolute atomic E-state index is 0.385. The molecular weight excluding hydrogens is 334 g/mol. The van der Waals surface area contributed by atoms with E-state index in [4.69, 9.17) is 11.6 Å². The van der Waals surface area contributed by atoms with Crippen molar-refractivity contribution in [3.8, 4) is 0 Å². The Kier molecular flexibility index (Phi) is 4.57. The first-order valence-corrected chi connectivity index (χ1v) is 7.48. The van der Waals surface area contributed by atoms with Gasteiger partial charge in [0.15, 0.2) is 11.6 Å².